The van der Waals surface area contributed by atoms with E-state index < -0.39 is 0 Å². The van der Waals surface area contributed by atoms with Crippen LogP contribution in [0.1, 0.15) is 22.3 Å². The van der Waals surface area contributed by atoms with Crippen LogP contribution in [-0.2, 0) is 0 Å². The molecule has 6 nitrogen and oxygen atoms in total. The molecule has 7 aromatic carbocycles. The van der Waals surface area contributed by atoms with Gasteiger partial charge in [-0.15, -0.1) is 0 Å². The first-order valence-electron chi connectivity index (χ1n) is 18.7. The maximum absolute atomic E-state index is 5.86. The van der Waals surface area contributed by atoms with Gasteiger partial charge in [-0.3, -0.25) is 0 Å². The van der Waals surface area contributed by atoms with Crippen LogP contribution in [0.25, 0.3) is 22.3 Å². The van der Waals surface area contributed by atoms with Gasteiger partial charge in [0.05, 0.1) is 39.8 Å². The summed E-state index contributed by atoms with van der Waals surface area (Å²) >= 11 is 0. The van der Waals surface area contributed by atoms with Gasteiger partial charge in [0, 0.05) is 22.7 Å². The monoisotopic (exact) mass is 740 g/mol. The smallest absolute Gasteiger partial charge is 0.142 e. The highest BCUT2D eigenvalue weighted by molar-refractivity contribution is 5.85. The average Bonchev–Trinajstić information content (AvgIpc) is 3.23. The Balaban J connectivity index is 1.18. The first-order valence-corrected chi connectivity index (χ1v) is 18.7. The van der Waals surface area contributed by atoms with Crippen LogP contribution in [0.3, 0.4) is 0 Å². The fourth-order valence-electron chi connectivity index (χ4n) is 7.24. The van der Waals surface area contributed by atoms with E-state index in [0.717, 1.165) is 102 Å². The molecule has 0 amide bonds. The summed E-state index contributed by atoms with van der Waals surface area (Å²) in [6.07, 6.45) is 0. The zero-order valence-electron chi connectivity index (χ0n) is 33.4. The van der Waals surface area contributed by atoms with Gasteiger partial charge in [-0.05, 0) is 157 Å². The summed E-state index contributed by atoms with van der Waals surface area (Å²) in [7, 11) is 6.83. The zero-order valence-corrected chi connectivity index (χ0v) is 33.4. The van der Waals surface area contributed by atoms with Crippen LogP contribution in [0.4, 0.5) is 34.1 Å². The molecular weight excluding hydrogens is 693 g/mol. The standard InChI is InChI=1S/C50H48N2O4/c1-33-9-27-49(55-7)47(29-33)51(45-25-23-43(53-5)31-35(45)3)41-19-15-39(16-20-41)37-11-13-38(14-12-37)40-17-21-42(22-18-40)52(46-26-24-44(54-6)32-36(46)4)48-30-34(2)10-28-50(48)56-8/h9-32H,1-8H3. The molecule has 0 spiro atoms. The molecule has 0 aliphatic rings. The minimum atomic E-state index is 0.803. The van der Waals surface area contributed by atoms with E-state index in [9.17, 15) is 0 Å². The van der Waals surface area contributed by atoms with Crippen molar-refractivity contribution in [3.05, 3.63) is 168 Å². The zero-order chi connectivity index (χ0) is 39.3. The lowest BCUT2D eigenvalue weighted by Crippen LogP contribution is -2.13. The minimum Gasteiger partial charge on any atom is -0.497 e. The molecule has 0 unspecified atom stereocenters. The van der Waals surface area contributed by atoms with E-state index in [4.69, 9.17) is 18.9 Å². The molecule has 282 valence electrons. The van der Waals surface area contributed by atoms with Crippen LogP contribution in [0, 0.1) is 27.7 Å². The third-order valence-corrected chi connectivity index (χ3v) is 10.2. The second kappa shape index (κ2) is 16.4. The Kier molecular flexibility index (Phi) is 11.0. The molecule has 0 N–H and O–H groups in total. The SMILES string of the molecule is COc1ccc(N(c2ccc(-c3ccc(-c4ccc(N(c5ccc(OC)cc5C)c5cc(C)ccc5OC)cc4)cc3)cc2)c2cc(C)ccc2OC)c(C)c1. The van der Waals surface area contributed by atoms with Gasteiger partial charge in [-0.1, -0.05) is 60.7 Å². The molecule has 0 saturated heterocycles. The molecule has 0 aliphatic heterocycles. The lowest BCUT2D eigenvalue weighted by atomic mass is 9.99. The molecule has 0 aromatic heterocycles. The molecule has 0 saturated carbocycles. The predicted octanol–water partition coefficient (Wildman–Crippen LogP) is 13.2. The maximum Gasteiger partial charge on any atom is 0.142 e. The molecule has 7 aromatic rings. The topological polar surface area (TPSA) is 43.4 Å². The van der Waals surface area contributed by atoms with Crippen molar-refractivity contribution >= 4 is 34.1 Å². The van der Waals surface area contributed by atoms with Crippen LogP contribution in [-0.4, -0.2) is 28.4 Å². The molecule has 0 fully saturated rings. The van der Waals surface area contributed by atoms with Crippen LogP contribution in [0.15, 0.2) is 146 Å². The van der Waals surface area contributed by atoms with Crippen molar-refractivity contribution in [1.29, 1.82) is 0 Å². The van der Waals surface area contributed by atoms with E-state index in [1.54, 1.807) is 28.4 Å². The summed E-state index contributed by atoms with van der Waals surface area (Å²) in [5.41, 5.74) is 15.2. The van der Waals surface area contributed by atoms with Gasteiger partial charge in [-0.2, -0.15) is 0 Å². The van der Waals surface area contributed by atoms with Crippen LogP contribution in [0.5, 0.6) is 23.0 Å². The van der Waals surface area contributed by atoms with E-state index in [1.807, 2.05) is 24.3 Å². The molecule has 56 heavy (non-hydrogen) atoms. The number of aryl methyl sites for hydroxylation is 4. The Morgan fingerprint density at radius 1 is 0.321 bits per heavy atom. The summed E-state index contributed by atoms with van der Waals surface area (Å²) in [6, 6.07) is 51.1. The van der Waals surface area contributed by atoms with Crippen molar-refractivity contribution in [2.75, 3.05) is 38.2 Å². The number of anilines is 6. The number of hydrogen-bond donors (Lipinski definition) is 0. The number of rotatable bonds is 12. The van der Waals surface area contributed by atoms with E-state index in [-0.39, 0.29) is 0 Å². The van der Waals surface area contributed by atoms with Crippen LogP contribution >= 0.6 is 0 Å². The fourth-order valence-corrected chi connectivity index (χ4v) is 7.24. The molecule has 0 radical (unpaired) electrons. The van der Waals surface area contributed by atoms with Gasteiger partial charge in [-0.25, -0.2) is 0 Å². The number of hydrogen-bond acceptors (Lipinski definition) is 6. The van der Waals surface area contributed by atoms with Gasteiger partial charge >= 0.3 is 0 Å². The van der Waals surface area contributed by atoms with Crippen molar-refractivity contribution in [2.24, 2.45) is 0 Å². The number of ether oxygens (including phenoxy) is 4. The molecule has 0 atom stereocenters. The Hall–Kier alpha value is -6.66. The van der Waals surface area contributed by atoms with Gasteiger partial charge in [0.15, 0.2) is 0 Å². The van der Waals surface area contributed by atoms with E-state index in [1.165, 1.54) is 0 Å². The third kappa shape index (κ3) is 7.64. The molecule has 0 heterocycles. The number of methoxy groups -OCH3 is 4. The van der Waals surface area contributed by atoms with Gasteiger partial charge < -0.3 is 28.7 Å². The first-order chi connectivity index (χ1) is 27.2. The highest BCUT2D eigenvalue weighted by Crippen LogP contribution is 2.45. The van der Waals surface area contributed by atoms with Gasteiger partial charge in [0.25, 0.3) is 0 Å². The molecular formula is C50H48N2O4. The van der Waals surface area contributed by atoms with Crippen molar-refractivity contribution in [1.82, 2.24) is 0 Å². The number of benzene rings is 7. The molecule has 0 aliphatic carbocycles. The first kappa shape index (κ1) is 37.6. The van der Waals surface area contributed by atoms with Crippen molar-refractivity contribution < 1.29 is 18.9 Å². The maximum atomic E-state index is 5.86. The number of nitrogens with zero attached hydrogens (tertiary/aromatic N) is 2. The summed E-state index contributed by atoms with van der Waals surface area (Å²) in [5.74, 6) is 3.25. The average molecular weight is 741 g/mol. The highest BCUT2D eigenvalue weighted by Gasteiger charge is 2.21. The van der Waals surface area contributed by atoms with E-state index in [2.05, 4.69) is 159 Å². The summed E-state index contributed by atoms with van der Waals surface area (Å²) in [5, 5.41) is 0. The quantitative estimate of drug-likeness (QED) is 0.124. The lowest BCUT2D eigenvalue weighted by molar-refractivity contribution is 0.414. The Bertz CT molecular complexity index is 2280. The predicted molar refractivity (Wildman–Crippen MR) is 232 cm³/mol. The van der Waals surface area contributed by atoms with Gasteiger partial charge in [0.1, 0.15) is 23.0 Å². The molecule has 7 rings (SSSR count). The lowest BCUT2D eigenvalue weighted by Gasteiger charge is -2.29. The largest absolute Gasteiger partial charge is 0.497 e. The van der Waals surface area contributed by atoms with Crippen LogP contribution < -0.4 is 28.7 Å². The highest BCUT2D eigenvalue weighted by atomic mass is 16.5. The van der Waals surface area contributed by atoms with Gasteiger partial charge in [0.2, 0.25) is 0 Å². The van der Waals surface area contributed by atoms with Crippen molar-refractivity contribution in [2.45, 2.75) is 27.7 Å². The summed E-state index contributed by atoms with van der Waals surface area (Å²) < 4.78 is 22.8. The fraction of sp³-hybridized carbons (Fsp3) is 0.160. The molecule has 6 heteroatoms. The Morgan fingerprint density at radius 2 is 0.661 bits per heavy atom. The van der Waals surface area contributed by atoms with E-state index >= 15 is 0 Å². The second-order valence-corrected chi connectivity index (χ2v) is 14.0. The minimum absolute atomic E-state index is 0.803. The third-order valence-electron chi connectivity index (χ3n) is 10.2. The van der Waals surface area contributed by atoms with Crippen LogP contribution in [0.2, 0.25) is 0 Å². The summed E-state index contributed by atoms with van der Waals surface area (Å²) in [6.45, 7) is 8.42. The van der Waals surface area contributed by atoms with Crippen molar-refractivity contribution in [3.8, 4) is 45.3 Å². The summed E-state index contributed by atoms with van der Waals surface area (Å²) in [4.78, 5) is 4.51. The normalized spacial score (nSPS) is 10.9. The Morgan fingerprint density at radius 3 is 0.964 bits per heavy atom. The molecule has 0 bridgehead atoms. The Labute approximate surface area is 331 Å². The second-order valence-electron chi connectivity index (χ2n) is 14.0. The van der Waals surface area contributed by atoms with E-state index in [0.29, 0.717) is 0 Å². The van der Waals surface area contributed by atoms with Crippen molar-refractivity contribution in [3.63, 3.8) is 0 Å².